The maximum absolute atomic E-state index is 11.6. The lowest BCUT2D eigenvalue weighted by atomic mass is 10.1. The van der Waals surface area contributed by atoms with Crippen LogP contribution in [0, 0.1) is 5.92 Å². The molecule has 4 nitrogen and oxygen atoms in total. The first-order chi connectivity index (χ1) is 9.61. The highest BCUT2D eigenvalue weighted by Crippen LogP contribution is 2.15. The Bertz CT molecular complexity index is 388. The fourth-order valence-electron chi connectivity index (χ4n) is 1.74. The van der Waals surface area contributed by atoms with E-state index in [2.05, 4.69) is 24.5 Å². The third kappa shape index (κ3) is 7.02. The normalized spacial score (nSPS) is 10.4. The Labute approximate surface area is 121 Å². The Morgan fingerprint density at radius 1 is 1.20 bits per heavy atom. The number of ether oxygens (including phenoxy) is 1. The highest BCUT2D eigenvalue weighted by atomic mass is 16.5. The van der Waals surface area contributed by atoms with Crippen LogP contribution in [0.1, 0.15) is 33.6 Å². The molecular weight excluding hydrogens is 252 g/mol. The molecule has 0 fully saturated rings. The zero-order valence-electron chi connectivity index (χ0n) is 12.7. The molecule has 0 aliphatic rings. The number of nitrogens with one attached hydrogen (secondary N) is 2. The van der Waals surface area contributed by atoms with Gasteiger partial charge in [0.25, 0.3) is 0 Å². The summed E-state index contributed by atoms with van der Waals surface area (Å²) in [5.41, 5.74) is 1.00. The molecule has 0 saturated heterocycles. The Morgan fingerprint density at radius 2 is 1.90 bits per heavy atom. The van der Waals surface area contributed by atoms with E-state index in [1.54, 1.807) is 0 Å². The van der Waals surface area contributed by atoms with E-state index in [1.807, 2.05) is 31.2 Å². The average Bonchev–Trinajstić information content (AvgIpc) is 2.40. The molecule has 0 atom stereocenters. The minimum absolute atomic E-state index is 0.101. The van der Waals surface area contributed by atoms with Gasteiger partial charge in [0.15, 0.2) is 0 Å². The van der Waals surface area contributed by atoms with Gasteiger partial charge in [-0.15, -0.1) is 0 Å². The van der Waals surface area contributed by atoms with Crippen molar-refractivity contribution in [2.45, 2.75) is 33.6 Å². The van der Waals surface area contributed by atoms with Crippen molar-refractivity contribution < 1.29 is 9.53 Å². The van der Waals surface area contributed by atoms with Crippen LogP contribution >= 0.6 is 0 Å². The molecule has 0 heterocycles. The molecule has 0 aliphatic heterocycles. The Balaban J connectivity index is 2.18. The minimum Gasteiger partial charge on any atom is -0.494 e. The molecule has 20 heavy (non-hydrogen) atoms. The molecule has 0 spiro atoms. The molecule has 112 valence electrons. The first kappa shape index (κ1) is 16.3. The minimum atomic E-state index is 0.101. The summed E-state index contributed by atoms with van der Waals surface area (Å²) < 4.78 is 5.38. The maximum atomic E-state index is 11.6. The van der Waals surface area contributed by atoms with Crippen molar-refractivity contribution in [3.8, 4) is 5.75 Å². The van der Waals surface area contributed by atoms with E-state index in [9.17, 15) is 4.79 Å². The van der Waals surface area contributed by atoms with Crippen LogP contribution < -0.4 is 15.4 Å². The van der Waals surface area contributed by atoms with Gasteiger partial charge in [0.05, 0.1) is 6.61 Å². The number of rotatable bonds is 9. The van der Waals surface area contributed by atoms with Crippen molar-refractivity contribution in [1.29, 1.82) is 0 Å². The van der Waals surface area contributed by atoms with Crippen LogP contribution in [0.3, 0.4) is 0 Å². The van der Waals surface area contributed by atoms with Gasteiger partial charge in [-0.05, 0) is 43.5 Å². The summed E-state index contributed by atoms with van der Waals surface area (Å²) in [6, 6.07) is 7.77. The number of amides is 1. The number of hydrogen-bond acceptors (Lipinski definition) is 3. The average molecular weight is 278 g/mol. The number of carbonyl (C=O) groups is 1. The molecule has 2 N–H and O–H groups in total. The van der Waals surface area contributed by atoms with E-state index in [0.29, 0.717) is 25.5 Å². The summed E-state index contributed by atoms with van der Waals surface area (Å²) >= 11 is 0. The predicted octanol–water partition coefficient (Wildman–Crippen LogP) is 3.05. The largest absolute Gasteiger partial charge is 0.494 e. The van der Waals surface area contributed by atoms with Crippen molar-refractivity contribution >= 4 is 11.6 Å². The monoisotopic (exact) mass is 278 g/mol. The van der Waals surface area contributed by atoms with Crippen LogP contribution in [-0.4, -0.2) is 25.6 Å². The van der Waals surface area contributed by atoms with Crippen LogP contribution in [0.15, 0.2) is 24.3 Å². The van der Waals surface area contributed by atoms with Gasteiger partial charge in [-0.25, -0.2) is 0 Å². The maximum Gasteiger partial charge on any atom is 0.221 e. The van der Waals surface area contributed by atoms with E-state index in [4.69, 9.17) is 4.74 Å². The lowest BCUT2D eigenvalue weighted by Crippen LogP contribution is -2.27. The standard InChI is InChI=1S/C16H26N2O2/c1-4-20-15-7-5-14(6-8-15)17-12-10-16(19)18-11-9-13(2)3/h5-8,13,17H,4,9-12H2,1-3H3,(H,18,19). The van der Waals surface area contributed by atoms with Gasteiger partial charge in [-0.2, -0.15) is 0 Å². The van der Waals surface area contributed by atoms with Crippen LogP contribution in [0.4, 0.5) is 5.69 Å². The van der Waals surface area contributed by atoms with Gasteiger partial charge in [-0.1, -0.05) is 13.8 Å². The van der Waals surface area contributed by atoms with Crippen molar-refractivity contribution in [1.82, 2.24) is 5.32 Å². The first-order valence-corrected chi connectivity index (χ1v) is 7.35. The predicted molar refractivity (Wildman–Crippen MR) is 83.2 cm³/mol. The Hall–Kier alpha value is -1.71. The smallest absolute Gasteiger partial charge is 0.221 e. The van der Waals surface area contributed by atoms with E-state index in [-0.39, 0.29) is 5.91 Å². The highest BCUT2D eigenvalue weighted by molar-refractivity contribution is 5.76. The summed E-state index contributed by atoms with van der Waals surface area (Å²) in [7, 11) is 0. The molecule has 1 aromatic rings. The number of carbonyl (C=O) groups excluding carboxylic acids is 1. The van der Waals surface area contributed by atoms with Gasteiger partial charge in [0, 0.05) is 25.2 Å². The number of hydrogen-bond donors (Lipinski definition) is 2. The van der Waals surface area contributed by atoms with Crippen LogP contribution in [0.25, 0.3) is 0 Å². The molecule has 1 rings (SSSR count). The van der Waals surface area contributed by atoms with Crippen molar-refractivity contribution in [2.75, 3.05) is 25.0 Å². The fourth-order valence-corrected chi connectivity index (χ4v) is 1.74. The van der Waals surface area contributed by atoms with Crippen molar-refractivity contribution in [2.24, 2.45) is 5.92 Å². The second kappa shape index (κ2) is 9.23. The van der Waals surface area contributed by atoms with Crippen molar-refractivity contribution in [3.05, 3.63) is 24.3 Å². The summed E-state index contributed by atoms with van der Waals surface area (Å²) in [6.07, 6.45) is 1.52. The van der Waals surface area contributed by atoms with Crippen LogP contribution in [0.2, 0.25) is 0 Å². The summed E-state index contributed by atoms with van der Waals surface area (Å²) in [6.45, 7) is 8.34. The molecule has 0 radical (unpaired) electrons. The number of anilines is 1. The first-order valence-electron chi connectivity index (χ1n) is 7.35. The molecule has 0 aromatic heterocycles. The molecule has 1 amide bonds. The second-order valence-electron chi connectivity index (χ2n) is 5.17. The van der Waals surface area contributed by atoms with E-state index >= 15 is 0 Å². The molecule has 0 bridgehead atoms. The van der Waals surface area contributed by atoms with Gasteiger partial charge < -0.3 is 15.4 Å². The summed E-state index contributed by atoms with van der Waals surface area (Å²) in [5, 5.41) is 6.15. The molecular formula is C16H26N2O2. The lowest BCUT2D eigenvalue weighted by Gasteiger charge is -2.09. The van der Waals surface area contributed by atoms with Crippen LogP contribution in [-0.2, 0) is 4.79 Å². The van der Waals surface area contributed by atoms with Gasteiger partial charge in [0.2, 0.25) is 5.91 Å². The topological polar surface area (TPSA) is 50.4 Å². The molecule has 0 saturated carbocycles. The quantitative estimate of drug-likeness (QED) is 0.730. The summed E-state index contributed by atoms with van der Waals surface area (Å²) in [4.78, 5) is 11.6. The van der Waals surface area contributed by atoms with Crippen molar-refractivity contribution in [3.63, 3.8) is 0 Å². The van der Waals surface area contributed by atoms with E-state index < -0.39 is 0 Å². The Morgan fingerprint density at radius 3 is 2.50 bits per heavy atom. The third-order valence-electron chi connectivity index (χ3n) is 2.89. The lowest BCUT2D eigenvalue weighted by molar-refractivity contribution is -0.120. The molecule has 4 heteroatoms. The van der Waals surface area contributed by atoms with E-state index in [1.165, 1.54) is 0 Å². The van der Waals surface area contributed by atoms with Gasteiger partial charge >= 0.3 is 0 Å². The van der Waals surface area contributed by atoms with Crippen LogP contribution in [0.5, 0.6) is 5.75 Å². The van der Waals surface area contributed by atoms with E-state index in [0.717, 1.165) is 24.4 Å². The third-order valence-corrected chi connectivity index (χ3v) is 2.89. The van der Waals surface area contributed by atoms with Gasteiger partial charge in [-0.3, -0.25) is 4.79 Å². The summed E-state index contributed by atoms with van der Waals surface area (Å²) in [5.74, 6) is 1.59. The molecule has 1 aromatic carbocycles. The zero-order chi connectivity index (χ0) is 14.8. The number of benzene rings is 1. The second-order valence-corrected chi connectivity index (χ2v) is 5.17. The zero-order valence-corrected chi connectivity index (χ0v) is 12.7. The molecule has 0 unspecified atom stereocenters. The molecule has 0 aliphatic carbocycles. The highest BCUT2D eigenvalue weighted by Gasteiger charge is 2.01. The van der Waals surface area contributed by atoms with Gasteiger partial charge in [0.1, 0.15) is 5.75 Å². The Kier molecular flexibility index (Phi) is 7.55. The fraction of sp³-hybridized carbons (Fsp3) is 0.562. The SMILES string of the molecule is CCOc1ccc(NCCC(=O)NCCC(C)C)cc1.